The first-order valence-electron chi connectivity index (χ1n) is 12.2. The molecule has 0 aromatic heterocycles. The van der Waals surface area contributed by atoms with Crippen molar-refractivity contribution >= 4 is 34.1 Å². The zero-order valence-corrected chi connectivity index (χ0v) is 23.5. The number of rotatable bonds is 11. The molecule has 1 atom stereocenters. The highest BCUT2D eigenvalue weighted by molar-refractivity contribution is 9.10. The van der Waals surface area contributed by atoms with Gasteiger partial charge in [0.15, 0.2) is 0 Å². The van der Waals surface area contributed by atoms with E-state index in [1.54, 1.807) is 51.1 Å². The smallest absolute Gasteiger partial charge is 0.408 e. The Morgan fingerprint density at radius 1 is 1.00 bits per heavy atom. The molecule has 0 saturated carbocycles. The van der Waals surface area contributed by atoms with Gasteiger partial charge >= 0.3 is 6.09 Å². The van der Waals surface area contributed by atoms with E-state index in [-0.39, 0.29) is 25.6 Å². The predicted octanol–water partition coefficient (Wildman–Crippen LogP) is 5.73. The molecule has 206 valence electrons. The first-order valence-corrected chi connectivity index (χ1v) is 13.0. The molecular formula is C29H31BrFN3O5. The van der Waals surface area contributed by atoms with E-state index in [1.807, 2.05) is 30.3 Å². The molecule has 2 N–H and O–H groups in total. The highest BCUT2D eigenvalue weighted by Gasteiger charge is 2.24. The Balaban J connectivity index is 1.57. The largest absolute Gasteiger partial charge is 0.488 e. The zero-order chi connectivity index (χ0) is 28.3. The van der Waals surface area contributed by atoms with Gasteiger partial charge in [-0.15, -0.1) is 0 Å². The SMILES string of the molecule is CC(C)(C)OC(=O)N[C@@H](COCc1ccccc1)C(=O)N/N=C\c1ccc(OCc2ccc(F)cc2)c(Br)c1. The van der Waals surface area contributed by atoms with Crippen LogP contribution in [0.1, 0.15) is 37.5 Å². The topological polar surface area (TPSA) is 98.2 Å². The summed E-state index contributed by atoms with van der Waals surface area (Å²) in [6.07, 6.45) is 0.719. The van der Waals surface area contributed by atoms with E-state index >= 15 is 0 Å². The van der Waals surface area contributed by atoms with Crippen LogP contribution in [0.15, 0.2) is 82.4 Å². The third-order valence-corrected chi connectivity index (χ3v) is 5.68. The average molecular weight is 600 g/mol. The first-order chi connectivity index (χ1) is 18.6. The number of benzene rings is 3. The number of ether oxygens (including phenoxy) is 3. The van der Waals surface area contributed by atoms with E-state index in [0.717, 1.165) is 11.1 Å². The van der Waals surface area contributed by atoms with Crippen molar-refractivity contribution in [3.05, 3.63) is 99.8 Å². The molecule has 0 bridgehead atoms. The lowest BCUT2D eigenvalue weighted by Gasteiger charge is -2.22. The van der Waals surface area contributed by atoms with Crippen LogP contribution in [-0.4, -0.2) is 36.5 Å². The summed E-state index contributed by atoms with van der Waals surface area (Å²) < 4.78 is 30.5. The second kappa shape index (κ2) is 14.4. The van der Waals surface area contributed by atoms with Gasteiger partial charge in [0.2, 0.25) is 0 Å². The minimum absolute atomic E-state index is 0.0822. The fourth-order valence-electron chi connectivity index (χ4n) is 3.21. The van der Waals surface area contributed by atoms with Crippen molar-refractivity contribution in [1.29, 1.82) is 0 Å². The Kier molecular flexibility index (Phi) is 11.0. The molecule has 3 aromatic carbocycles. The van der Waals surface area contributed by atoms with Crippen LogP contribution < -0.4 is 15.5 Å². The van der Waals surface area contributed by atoms with Gasteiger partial charge in [-0.1, -0.05) is 42.5 Å². The minimum atomic E-state index is -1.03. The molecule has 0 unspecified atom stereocenters. The van der Waals surface area contributed by atoms with Gasteiger partial charge in [0.25, 0.3) is 5.91 Å². The number of halogens is 2. The van der Waals surface area contributed by atoms with Gasteiger partial charge < -0.3 is 19.5 Å². The maximum absolute atomic E-state index is 13.1. The third kappa shape index (κ3) is 10.9. The summed E-state index contributed by atoms with van der Waals surface area (Å²) in [6.45, 7) is 5.66. The van der Waals surface area contributed by atoms with E-state index < -0.39 is 23.6 Å². The van der Waals surface area contributed by atoms with Gasteiger partial charge in [-0.3, -0.25) is 4.79 Å². The molecule has 2 amide bonds. The number of hydrazone groups is 1. The summed E-state index contributed by atoms with van der Waals surface area (Å²) in [6, 6.07) is 19.8. The minimum Gasteiger partial charge on any atom is -0.488 e. The van der Waals surface area contributed by atoms with E-state index in [9.17, 15) is 14.0 Å². The van der Waals surface area contributed by atoms with Crippen molar-refractivity contribution in [3.63, 3.8) is 0 Å². The van der Waals surface area contributed by atoms with Gasteiger partial charge in [-0.2, -0.15) is 5.10 Å². The average Bonchev–Trinajstić information content (AvgIpc) is 2.88. The van der Waals surface area contributed by atoms with E-state index in [2.05, 4.69) is 31.8 Å². The number of amides is 2. The maximum atomic E-state index is 13.1. The molecule has 0 aliphatic carbocycles. The van der Waals surface area contributed by atoms with Gasteiger partial charge in [-0.05, 0) is 83.7 Å². The number of hydrogen-bond acceptors (Lipinski definition) is 6. The Morgan fingerprint density at radius 3 is 2.36 bits per heavy atom. The third-order valence-electron chi connectivity index (χ3n) is 5.06. The molecule has 0 aliphatic rings. The Bertz CT molecular complexity index is 1260. The van der Waals surface area contributed by atoms with E-state index in [4.69, 9.17) is 14.2 Å². The van der Waals surface area contributed by atoms with Crippen molar-refractivity contribution < 1.29 is 28.2 Å². The number of carbonyl (C=O) groups excluding carboxylic acids is 2. The van der Waals surface area contributed by atoms with E-state index in [0.29, 0.717) is 15.8 Å². The fraction of sp³-hybridized carbons (Fsp3) is 0.276. The van der Waals surface area contributed by atoms with Gasteiger partial charge in [0.05, 0.1) is 23.9 Å². The lowest BCUT2D eigenvalue weighted by molar-refractivity contribution is -0.124. The lowest BCUT2D eigenvalue weighted by atomic mass is 10.2. The van der Waals surface area contributed by atoms with Gasteiger partial charge in [-0.25, -0.2) is 14.6 Å². The summed E-state index contributed by atoms with van der Waals surface area (Å²) >= 11 is 3.46. The molecule has 3 rings (SSSR count). The van der Waals surface area contributed by atoms with Crippen LogP contribution in [0.5, 0.6) is 5.75 Å². The molecule has 10 heteroatoms. The number of nitrogens with one attached hydrogen (secondary N) is 2. The summed E-state index contributed by atoms with van der Waals surface area (Å²) in [4.78, 5) is 25.1. The van der Waals surface area contributed by atoms with Crippen LogP contribution in [0.25, 0.3) is 0 Å². The monoisotopic (exact) mass is 599 g/mol. The Hall–Kier alpha value is -3.76. The second-order valence-corrected chi connectivity index (χ2v) is 10.4. The van der Waals surface area contributed by atoms with Crippen molar-refractivity contribution in [1.82, 2.24) is 10.7 Å². The number of carbonyl (C=O) groups is 2. The summed E-state index contributed by atoms with van der Waals surface area (Å²) in [5.74, 6) is -0.275. The van der Waals surface area contributed by atoms with Crippen molar-refractivity contribution in [3.8, 4) is 5.75 Å². The lowest BCUT2D eigenvalue weighted by Crippen LogP contribution is -2.49. The second-order valence-electron chi connectivity index (χ2n) is 9.54. The normalized spacial score (nSPS) is 12.1. The van der Waals surface area contributed by atoms with Gasteiger partial charge in [0, 0.05) is 0 Å². The first kappa shape index (κ1) is 29.8. The Morgan fingerprint density at radius 2 is 1.69 bits per heavy atom. The summed E-state index contributed by atoms with van der Waals surface area (Å²) in [5.41, 5.74) is 4.16. The molecule has 0 heterocycles. The van der Waals surface area contributed by atoms with Crippen LogP contribution in [0.3, 0.4) is 0 Å². The van der Waals surface area contributed by atoms with Gasteiger partial charge in [0.1, 0.15) is 29.8 Å². The molecule has 39 heavy (non-hydrogen) atoms. The van der Waals surface area contributed by atoms with Crippen molar-refractivity contribution in [2.75, 3.05) is 6.61 Å². The molecule has 0 radical (unpaired) electrons. The molecule has 8 nitrogen and oxygen atoms in total. The predicted molar refractivity (Wildman–Crippen MR) is 150 cm³/mol. The van der Waals surface area contributed by atoms with Crippen LogP contribution in [0, 0.1) is 5.82 Å². The highest BCUT2D eigenvalue weighted by atomic mass is 79.9. The highest BCUT2D eigenvalue weighted by Crippen LogP contribution is 2.26. The molecule has 0 fully saturated rings. The standard InChI is InChI=1S/C29H31BrFN3O5/c1-29(2,3)39-28(36)33-25(19-37-17-20-7-5-4-6-8-20)27(35)34-32-16-22-11-14-26(24(30)15-22)38-18-21-9-12-23(31)13-10-21/h4-16,25H,17-19H2,1-3H3,(H,33,36)(H,34,35)/b32-16-/t25-/m0/s1. The zero-order valence-electron chi connectivity index (χ0n) is 21.9. The summed E-state index contributed by atoms with van der Waals surface area (Å²) in [5, 5.41) is 6.55. The van der Waals surface area contributed by atoms with E-state index in [1.165, 1.54) is 18.3 Å². The van der Waals surface area contributed by atoms with Crippen molar-refractivity contribution in [2.45, 2.75) is 45.6 Å². The van der Waals surface area contributed by atoms with Crippen LogP contribution in [0.2, 0.25) is 0 Å². The number of alkyl carbamates (subject to hydrolysis) is 1. The van der Waals surface area contributed by atoms with Crippen LogP contribution in [0.4, 0.5) is 9.18 Å². The van der Waals surface area contributed by atoms with Crippen LogP contribution in [-0.2, 0) is 27.5 Å². The molecule has 0 spiro atoms. The maximum Gasteiger partial charge on any atom is 0.408 e. The number of nitrogens with zero attached hydrogens (tertiary/aromatic N) is 1. The fourth-order valence-corrected chi connectivity index (χ4v) is 3.72. The summed E-state index contributed by atoms with van der Waals surface area (Å²) in [7, 11) is 0. The number of hydrogen-bond donors (Lipinski definition) is 2. The molecule has 0 aliphatic heterocycles. The molecule has 3 aromatic rings. The van der Waals surface area contributed by atoms with Crippen molar-refractivity contribution in [2.24, 2.45) is 5.10 Å². The van der Waals surface area contributed by atoms with Crippen LogP contribution >= 0.6 is 15.9 Å². The molecule has 0 saturated heterocycles. The molecular weight excluding hydrogens is 569 g/mol. The Labute approximate surface area is 235 Å². The quantitative estimate of drug-likeness (QED) is 0.217.